The van der Waals surface area contributed by atoms with E-state index >= 15 is 0 Å². The molecular weight excluding hydrogens is 523 g/mol. The molecule has 0 radical (unpaired) electrons. The van der Waals surface area contributed by atoms with Crippen LogP contribution in [0.15, 0.2) is 54.9 Å². The Morgan fingerprint density at radius 1 is 1.21 bits per heavy atom. The highest BCUT2D eigenvalue weighted by Crippen LogP contribution is 2.67. The molecule has 0 saturated heterocycles. The summed E-state index contributed by atoms with van der Waals surface area (Å²) in [4.78, 5) is 26.3. The normalized spacial score (nSPS) is 25.1. The Kier molecular flexibility index (Phi) is 6.22. The van der Waals surface area contributed by atoms with Crippen molar-refractivity contribution in [2.24, 2.45) is 11.3 Å². The second-order valence-electron chi connectivity index (χ2n) is 9.82. The van der Waals surface area contributed by atoms with Crippen LogP contribution in [0, 0.1) is 29.0 Å². The topological polar surface area (TPSA) is 125 Å². The molecule has 0 bridgehead atoms. The van der Waals surface area contributed by atoms with Crippen molar-refractivity contribution in [1.82, 2.24) is 24.8 Å². The minimum atomic E-state index is -1.22. The molecule has 2 aliphatic carbocycles. The number of amides is 1. The van der Waals surface area contributed by atoms with Crippen molar-refractivity contribution < 1.29 is 19.4 Å². The van der Waals surface area contributed by atoms with Gasteiger partial charge in [-0.25, -0.2) is 19.3 Å². The molecule has 5 atom stereocenters. The maximum atomic E-state index is 13.3. The first-order valence-electron chi connectivity index (χ1n) is 12.4. The number of carbonyl (C=O) groups excluding carboxylic acids is 1. The number of hydrogen-bond donors (Lipinski definition) is 4. The Morgan fingerprint density at radius 2 is 2.00 bits per heavy atom. The van der Waals surface area contributed by atoms with E-state index in [0.29, 0.717) is 40.5 Å². The number of carbonyl (C=O) groups is 1. The third kappa shape index (κ3) is 4.29. The van der Waals surface area contributed by atoms with Gasteiger partial charge in [-0.1, -0.05) is 29.7 Å². The van der Waals surface area contributed by atoms with Crippen LogP contribution in [0.5, 0.6) is 0 Å². The molecule has 0 unspecified atom stereocenters. The molecule has 2 aromatic carbocycles. The number of hydrogen-bond acceptors (Lipinski definition) is 7. The van der Waals surface area contributed by atoms with Gasteiger partial charge in [-0.15, -0.1) is 0 Å². The average Bonchev–Trinajstić information content (AvgIpc) is 3.47. The van der Waals surface area contributed by atoms with Crippen molar-refractivity contribution in [2.45, 2.75) is 31.2 Å². The lowest BCUT2D eigenvalue weighted by Gasteiger charge is -2.23. The number of imidazole rings is 1. The van der Waals surface area contributed by atoms with E-state index in [-0.39, 0.29) is 23.5 Å². The van der Waals surface area contributed by atoms with Crippen LogP contribution in [-0.4, -0.2) is 54.9 Å². The molecule has 6 rings (SSSR count). The van der Waals surface area contributed by atoms with E-state index in [1.54, 1.807) is 29.1 Å². The van der Waals surface area contributed by atoms with Crippen molar-refractivity contribution in [2.75, 3.05) is 12.4 Å². The Hall–Kier alpha value is -4.04. The number of benzene rings is 2. The lowest BCUT2D eigenvalue weighted by molar-refractivity contribution is -0.132. The van der Waals surface area contributed by atoms with E-state index in [0.717, 1.165) is 5.56 Å². The zero-order valence-electron chi connectivity index (χ0n) is 20.8. The van der Waals surface area contributed by atoms with E-state index < -0.39 is 23.7 Å². The van der Waals surface area contributed by atoms with Crippen LogP contribution in [0.1, 0.15) is 29.4 Å². The zero-order chi connectivity index (χ0) is 27.3. The van der Waals surface area contributed by atoms with Crippen LogP contribution >= 0.6 is 11.6 Å². The first kappa shape index (κ1) is 25.2. The summed E-state index contributed by atoms with van der Waals surface area (Å²) in [5, 5.41) is 28.3. The summed E-state index contributed by atoms with van der Waals surface area (Å²) >= 11 is 6.14. The minimum Gasteiger partial charge on any atom is -0.389 e. The maximum Gasteiger partial charge on any atom is 0.229 e. The highest BCUT2D eigenvalue weighted by Gasteiger charge is 2.75. The van der Waals surface area contributed by atoms with Crippen LogP contribution in [0.3, 0.4) is 0 Å². The number of aliphatic hydroxyl groups is 2. The Bertz CT molecular complexity index is 1650. The van der Waals surface area contributed by atoms with Crippen LogP contribution in [0.4, 0.5) is 10.2 Å². The van der Waals surface area contributed by atoms with Crippen molar-refractivity contribution in [3.63, 3.8) is 0 Å². The molecule has 39 heavy (non-hydrogen) atoms. The largest absolute Gasteiger partial charge is 0.389 e. The number of nitrogens with zero attached hydrogens (tertiary/aromatic N) is 4. The lowest BCUT2D eigenvalue weighted by atomic mass is 9.98. The van der Waals surface area contributed by atoms with Crippen LogP contribution in [0.25, 0.3) is 11.2 Å². The minimum absolute atomic E-state index is 0.184. The molecule has 11 heteroatoms. The second kappa shape index (κ2) is 9.61. The van der Waals surface area contributed by atoms with E-state index in [4.69, 9.17) is 11.6 Å². The summed E-state index contributed by atoms with van der Waals surface area (Å²) in [6, 6.07) is 12.5. The third-order valence-electron chi connectivity index (χ3n) is 7.58. The molecule has 2 fully saturated rings. The SMILES string of the molecule is CNC(=O)[C@@]12C[C@@H]1[C@@H](n1cnc3c(NCc4cccc(Cl)c4)nc(C#Cc4ccc(F)cc4)nc31)[C@H](O)[C@@H]2O. The van der Waals surface area contributed by atoms with Crippen LogP contribution in [-0.2, 0) is 11.3 Å². The highest BCUT2D eigenvalue weighted by molar-refractivity contribution is 6.30. The van der Waals surface area contributed by atoms with Crippen LogP contribution in [0.2, 0.25) is 5.02 Å². The standard InChI is InChI=1S/C28H24ClFN6O3/c1-31-27(39)28-12-19(28)22(23(37)24(28)38)36-14-33-21-25(32-13-16-3-2-4-17(29)11-16)34-20(35-26(21)36)10-7-15-5-8-18(30)9-6-15/h2-6,8-9,11,14,19,22-24,37-38H,12-13H2,1H3,(H,31,39)(H,32,34,35)/t19-,22-,23+,24+,28+/m1/s1. The van der Waals surface area contributed by atoms with Crippen molar-refractivity contribution >= 4 is 34.5 Å². The molecule has 4 N–H and O–H groups in total. The predicted molar refractivity (Wildman–Crippen MR) is 142 cm³/mol. The van der Waals surface area contributed by atoms with Gasteiger partial charge in [0, 0.05) is 30.1 Å². The molecule has 0 spiro atoms. The Balaban J connectivity index is 1.41. The maximum absolute atomic E-state index is 13.3. The molecule has 1 amide bonds. The van der Waals surface area contributed by atoms with Crippen LogP contribution < -0.4 is 10.6 Å². The van der Waals surface area contributed by atoms with Gasteiger partial charge in [-0.2, -0.15) is 0 Å². The number of nitrogens with one attached hydrogen (secondary N) is 2. The molecule has 2 saturated carbocycles. The summed E-state index contributed by atoms with van der Waals surface area (Å²) in [5.74, 6) is 5.54. The van der Waals surface area contributed by atoms with Crippen molar-refractivity contribution in [1.29, 1.82) is 0 Å². The smallest absolute Gasteiger partial charge is 0.229 e. The van der Waals surface area contributed by atoms with Gasteiger partial charge in [-0.3, -0.25) is 4.79 Å². The summed E-state index contributed by atoms with van der Waals surface area (Å²) in [6.07, 6.45) is -0.424. The van der Waals surface area contributed by atoms with Gasteiger partial charge in [0.1, 0.15) is 11.9 Å². The van der Waals surface area contributed by atoms with Gasteiger partial charge in [0.25, 0.3) is 0 Å². The fourth-order valence-corrected chi connectivity index (χ4v) is 5.81. The fraction of sp³-hybridized carbons (Fsp3) is 0.286. The second-order valence-corrected chi connectivity index (χ2v) is 10.3. The van der Waals surface area contributed by atoms with Gasteiger partial charge < -0.3 is 25.4 Å². The van der Waals surface area contributed by atoms with Gasteiger partial charge in [-0.05, 0) is 54.3 Å². The van der Waals surface area contributed by atoms with Gasteiger partial charge in [0.05, 0.1) is 23.9 Å². The Labute approximate surface area is 228 Å². The Morgan fingerprint density at radius 3 is 2.74 bits per heavy atom. The molecule has 4 aromatic rings. The summed E-state index contributed by atoms with van der Waals surface area (Å²) in [7, 11) is 1.52. The first-order valence-corrected chi connectivity index (χ1v) is 12.8. The average molecular weight is 547 g/mol. The number of rotatable bonds is 5. The fourth-order valence-electron chi connectivity index (χ4n) is 5.59. The third-order valence-corrected chi connectivity index (χ3v) is 7.81. The first-order chi connectivity index (χ1) is 18.8. The molecule has 0 aliphatic heterocycles. The van der Waals surface area contributed by atoms with Gasteiger partial charge in [0.2, 0.25) is 11.7 Å². The van der Waals surface area contributed by atoms with E-state index in [2.05, 4.69) is 37.4 Å². The number of aliphatic hydroxyl groups excluding tert-OH is 2. The van der Waals surface area contributed by atoms with Gasteiger partial charge >= 0.3 is 0 Å². The zero-order valence-corrected chi connectivity index (χ0v) is 21.5. The van der Waals surface area contributed by atoms with Gasteiger partial charge in [0.15, 0.2) is 17.0 Å². The molecule has 198 valence electrons. The number of halogens is 2. The number of aromatic nitrogens is 4. The number of fused-ring (bicyclic) bond motifs is 2. The molecular formula is C28H24ClFN6O3. The van der Waals surface area contributed by atoms with E-state index in [1.165, 1.54) is 19.2 Å². The summed E-state index contributed by atoms with van der Waals surface area (Å²) < 4.78 is 15.0. The molecule has 2 heterocycles. The lowest BCUT2D eigenvalue weighted by Crippen LogP contribution is -2.41. The molecule has 9 nitrogen and oxygen atoms in total. The van der Waals surface area contributed by atoms with E-state index in [9.17, 15) is 19.4 Å². The molecule has 2 aliphatic rings. The summed E-state index contributed by atoms with van der Waals surface area (Å²) in [6.45, 7) is 0.400. The van der Waals surface area contributed by atoms with Crippen molar-refractivity contribution in [3.8, 4) is 11.8 Å². The van der Waals surface area contributed by atoms with Crippen molar-refractivity contribution in [3.05, 3.63) is 82.6 Å². The molecule has 2 aromatic heterocycles. The summed E-state index contributed by atoms with van der Waals surface area (Å²) in [5.41, 5.74) is 1.32. The van der Waals surface area contributed by atoms with E-state index in [1.807, 2.05) is 18.2 Å². The quantitative estimate of drug-likeness (QED) is 0.284. The highest BCUT2D eigenvalue weighted by atomic mass is 35.5. The number of anilines is 1. The monoisotopic (exact) mass is 546 g/mol. The predicted octanol–water partition coefficient (Wildman–Crippen LogP) is 2.66.